The van der Waals surface area contributed by atoms with Gasteiger partial charge in [-0.1, -0.05) is 54.4 Å². The maximum Gasteiger partial charge on any atom is 0.152 e. The first kappa shape index (κ1) is 15.0. The average molecular weight is 310 g/mol. The van der Waals surface area contributed by atoms with E-state index in [9.17, 15) is 5.11 Å². The van der Waals surface area contributed by atoms with Crippen molar-refractivity contribution in [3.8, 4) is 5.75 Å². The van der Waals surface area contributed by atoms with E-state index in [-0.39, 0.29) is 21.8 Å². The van der Waals surface area contributed by atoms with Crippen molar-refractivity contribution in [3.63, 3.8) is 0 Å². The second kappa shape index (κ2) is 6.38. The van der Waals surface area contributed by atoms with Gasteiger partial charge in [-0.05, 0) is 36.6 Å². The molecule has 106 valence electrons. The Morgan fingerprint density at radius 3 is 2.15 bits per heavy atom. The molecular formula is C16H17Cl2NO. The molecule has 0 amide bonds. The van der Waals surface area contributed by atoms with E-state index < -0.39 is 0 Å². The van der Waals surface area contributed by atoms with Crippen molar-refractivity contribution in [1.82, 2.24) is 0 Å². The van der Waals surface area contributed by atoms with Crippen LogP contribution >= 0.6 is 23.2 Å². The van der Waals surface area contributed by atoms with E-state index in [1.165, 1.54) is 11.1 Å². The van der Waals surface area contributed by atoms with Gasteiger partial charge in [0, 0.05) is 11.7 Å². The minimum absolute atomic E-state index is 0.0844. The molecule has 0 aliphatic heterocycles. The molecule has 0 radical (unpaired) electrons. The van der Waals surface area contributed by atoms with Crippen LogP contribution in [0.15, 0.2) is 36.4 Å². The van der Waals surface area contributed by atoms with Crippen molar-refractivity contribution in [3.05, 3.63) is 57.6 Å². The molecule has 0 aliphatic rings. The molecule has 1 atom stereocenters. The molecule has 0 bridgehead atoms. The first-order valence-corrected chi connectivity index (χ1v) is 7.30. The fraction of sp³-hybridized carbons (Fsp3) is 0.250. The van der Waals surface area contributed by atoms with Gasteiger partial charge in [0.1, 0.15) is 0 Å². The molecule has 20 heavy (non-hydrogen) atoms. The van der Waals surface area contributed by atoms with Crippen LogP contribution in [0.2, 0.25) is 10.0 Å². The van der Waals surface area contributed by atoms with Crippen LogP contribution in [0, 0.1) is 0 Å². The molecular weight excluding hydrogens is 293 g/mol. The largest absolute Gasteiger partial charge is 0.505 e. The van der Waals surface area contributed by atoms with Crippen LogP contribution in [-0.4, -0.2) is 5.11 Å². The van der Waals surface area contributed by atoms with Gasteiger partial charge in [-0.3, -0.25) is 0 Å². The molecule has 2 rings (SSSR count). The van der Waals surface area contributed by atoms with Crippen LogP contribution < -0.4 is 5.32 Å². The summed E-state index contributed by atoms with van der Waals surface area (Å²) < 4.78 is 0. The quantitative estimate of drug-likeness (QED) is 0.738. The van der Waals surface area contributed by atoms with E-state index in [4.69, 9.17) is 23.2 Å². The van der Waals surface area contributed by atoms with Gasteiger partial charge in [-0.25, -0.2) is 0 Å². The Morgan fingerprint density at radius 1 is 1.10 bits per heavy atom. The fourth-order valence-electron chi connectivity index (χ4n) is 2.02. The van der Waals surface area contributed by atoms with Gasteiger partial charge in [0.2, 0.25) is 0 Å². The second-order valence-electron chi connectivity index (χ2n) is 4.75. The summed E-state index contributed by atoms with van der Waals surface area (Å²) in [4.78, 5) is 0. The average Bonchev–Trinajstić information content (AvgIpc) is 2.44. The molecule has 0 spiro atoms. The van der Waals surface area contributed by atoms with Gasteiger partial charge in [-0.2, -0.15) is 0 Å². The highest BCUT2D eigenvalue weighted by atomic mass is 35.5. The molecule has 2 N–H and O–H groups in total. The lowest BCUT2D eigenvalue weighted by Crippen LogP contribution is -2.06. The summed E-state index contributed by atoms with van der Waals surface area (Å²) in [5.41, 5.74) is 3.28. The molecule has 2 aromatic rings. The monoisotopic (exact) mass is 309 g/mol. The van der Waals surface area contributed by atoms with Crippen LogP contribution in [0.1, 0.15) is 31.0 Å². The molecule has 0 aromatic heterocycles. The number of nitrogens with one attached hydrogen (secondary N) is 1. The summed E-state index contributed by atoms with van der Waals surface area (Å²) in [6.45, 7) is 4.20. The third kappa shape index (κ3) is 3.38. The lowest BCUT2D eigenvalue weighted by atomic mass is 10.0. The normalized spacial score (nSPS) is 12.2. The van der Waals surface area contributed by atoms with Crippen molar-refractivity contribution in [1.29, 1.82) is 0 Å². The summed E-state index contributed by atoms with van der Waals surface area (Å²) in [7, 11) is 0. The van der Waals surface area contributed by atoms with Crippen LogP contribution in [0.25, 0.3) is 0 Å². The molecule has 2 nitrogen and oxygen atoms in total. The number of benzene rings is 2. The Hall–Kier alpha value is -1.38. The number of hydrogen-bond acceptors (Lipinski definition) is 2. The summed E-state index contributed by atoms with van der Waals surface area (Å²) in [5.74, 6) is -0.0844. The van der Waals surface area contributed by atoms with E-state index in [0.29, 0.717) is 0 Å². The summed E-state index contributed by atoms with van der Waals surface area (Å²) in [5, 5.41) is 13.4. The Kier molecular flexibility index (Phi) is 4.79. The standard InChI is InChI=1S/C16H17Cl2NO/c1-3-11-4-6-12(7-5-11)10(2)19-13-8-14(17)16(20)15(18)9-13/h4-10,19-20H,3H2,1-2H3. The van der Waals surface area contributed by atoms with Gasteiger partial charge in [-0.15, -0.1) is 0 Å². The van der Waals surface area contributed by atoms with E-state index in [1.807, 2.05) is 0 Å². The molecule has 4 heteroatoms. The molecule has 1 unspecified atom stereocenters. The summed E-state index contributed by atoms with van der Waals surface area (Å²) in [6, 6.07) is 11.9. The lowest BCUT2D eigenvalue weighted by molar-refractivity contribution is 0.476. The van der Waals surface area contributed by atoms with Crippen molar-refractivity contribution in [2.75, 3.05) is 5.32 Å². The van der Waals surface area contributed by atoms with Crippen molar-refractivity contribution >= 4 is 28.9 Å². The maximum atomic E-state index is 9.55. The Bertz CT molecular complexity index is 573. The van der Waals surface area contributed by atoms with Crippen LogP contribution in [0.4, 0.5) is 5.69 Å². The number of aryl methyl sites for hydroxylation is 1. The van der Waals surface area contributed by atoms with Crippen molar-refractivity contribution < 1.29 is 5.11 Å². The predicted octanol–water partition coefficient (Wildman–Crippen LogP) is 5.43. The zero-order valence-electron chi connectivity index (χ0n) is 11.5. The smallest absolute Gasteiger partial charge is 0.152 e. The Morgan fingerprint density at radius 2 is 1.65 bits per heavy atom. The van der Waals surface area contributed by atoms with Gasteiger partial charge in [0.05, 0.1) is 10.0 Å². The van der Waals surface area contributed by atoms with Gasteiger partial charge < -0.3 is 10.4 Å². The zero-order chi connectivity index (χ0) is 14.7. The Balaban J connectivity index is 2.16. The number of aromatic hydroxyl groups is 1. The summed E-state index contributed by atoms with van der Waals surface area (Å²) in [6.07, 6.45) is 1.03. The number of anilines is 1. The molecule has 0 heterocycles. The van der Waals surface area contributed by atoms with E-state index in [2.05, 4.69) is 43.4 Å². The first-order chi connectivity index (χ1) is 9.51. The third-order valence-corrected chi connectivity index (χ3v) is 3.86. The molecule has 0 saturated heterocycles. The maximum absolute atomic E-state index is 9.55. The molecule has 2 aromatic carbocycles. The number of rotatable bonds is 4. The highest BCUT2D eigenvalue weighted by molar-refractivity contribution is 6.37. The summed E-state index contributed by atoms with van der Waals surface area (Å²) >= 11 is 11.8. The van der Waals surface area contributed by atoms with Crippen molar-refractivity contribution in [2.45, 2.75) is 26.3 Å². The van der Waals surface area contributed by atoms with E-state index in [1.54, 1.807) is 12.1 Å². The number of hydrogen-bond donors (Lipinski definition) is 2. The van der Waals surface area contributed by atoms with E-state index >= 15 is 0 Å². The van der Waals surface area contributed by atoms with E-state index in [0.717, 1.165) is 12.1 Å². The minimum Gasteiger partial charge on any atom is -0.505 e. The number of phenolic OH excluding ortho intramolecular Hbond substituents is 1. The first-order valence-electron chi connectivity index (χ1n) is 6.54. The topological polar surface area (TPSA) is 32.3 Å². The zero-order valence-corrected chi connectivity index (χ0v) is 13.0. The highest BCUT2D eigenvalue weighted by Crippen LogP contribution is 2.35. The second-order valence-corrected chi connectivity index (χ2v) is 5.56. The van der Waals surface area contributed by atoms with Crippen molar-refractivity contribution in [2.24, 2.45) is 0 Å². The third-order valence-electron chi connectivity index (χ3n) is 3.29. The van der Waals surface area contributed by atoms with Crippen LogP contribution in [-0.2, 0) is 6.42 Å². The Labute approximate surface area is 129 Å². The predicted molar refractivity (Wildman–Crippen MR) is 86.0 cm³/mol. The molecule has 0 fully saturated rings. The minimum atomic E-state index is -0.0844. The van der Waals surface area contributed by atoms with Crippen LogP contribution in [0.5, 0.6) is 5.75 Å². The molecule has 0 aliphatic carbocycles. The van der Waals surface area contributed by atoms with Crippen LogP contribution in [0.3, 0.4) is 0 Å². The SMILES string of the molecule is CCc1ccc(C(C)Nc2cc(Cl)c(O)c(Cl)c2)cc1. The molecule has 0 saturated carbocycles. The number of halogens is 2. The highest BCUT2D eigenvalue weighted by Gasteiger charge is 2.10. The van der Waals surface area contributed by atoms with Gasteiger partial charge in [0.25, 0.3) is 0 Å². The number of phenols is 1. The van der Waals surface area contributed by atoms with Gasteiger partial charge >= 0.3 is 0 Å². The van der Waals surface area contributed by atoms with Gasteiger partial charge in [0.15, 0.2) is 5.75 Å². The lowest BCUT2D eigenvalue weighted by Gasteiger charge is -2.17. The fourth-order valence-corrected chi connectivity index (χ4v) is 2.51.